The Kier molecular flexibility index (Phi) is 4.50. The zero-order chi connectivity index (χ0) is 16.8. The van der Waals surface area contributed by atoms with Gasteiger partial charge >= 0.3 is 0 Å². The molecule has 0 bridgehead atoms. The number of ketones is 1. The molecule has 0 aromatic rings. The van der Waals surface area contributed by atoms with Gasteiger partial charge in [-0.15, -0.1) is 0 Å². The molecule has 0 spiro atoms. The number of fused-ring (bicyclic) bond motifs is 5. The maximum atomic E-state index is 12.4. The number of rotatable bonds is 0. The molecule has 0 aliphatic heterocycles. The summed E-state index contributed by atoms with van der Waals surface area (Å²) in [6, 6.07) is 0. The second kappa shape index (κ2) is 6.02. The zero-order valence-corrected chi connectivity index (χ0v) is 15.4. The number of carbonyl (C=O) groups is 1. The molecular weight excluding hydrogens is 284 g/mol. The minimum absolute atomic E-state index is 0.0168. The maximum absolute atomic E-state index is 12.4. The van der Waals surface area contributed by atoms with Crippen molar-refractivity contribution >= 4 is 5.78 Å². The SMILES string of the molecule is CC.CC12CCC3C(CC=C4CC(O)CCC43C)C1CCC2=O. The average molecular weight is 319 g/mol. The van der Waals surface area contributed by atoms with E-state index in [-0.39, 0.29) is 11.5 Å². The van der Waals surface area contributed by atoms with Crippen LogP contribution < -0.4 is 0 Å². The van der Waals surface area contributed by atoms with E-state index < -0.39 is 0 Å². The molecule has 4 aliphatic rings. The van der Waals surface area contributed by atoms with Crippen molar-refractivity contribution in [1.29, 1.82) is 0 Å². The van der Waals surface area contributed by atoms with Crippen LogP contribution in [-0.4, -0.2) is 17.0 Å². The van der Waals surface area contributed by atoms with E-state index in [1.165, 1.54) is 12.0 Å². The molecule has 4 rings (SSSR count). The first-order valence-corrected chi connectivity index (χ1v) is 9.86. The van der Waals surface area contributed by atoms with Gasteiger partial charge in [0.25, 0.3) is 0 Å². The minimum Gasteiger partial charge on any atom is -0.393 e. The molecule has 3 fully saturated rings. The smallest absolute Gasteiger partial charge is 0.139 e. The van der Waals surface area contributed by atoms with Gasteiger partial charge in [-0.2, -0.15) is 0 Å². The lowest BCUT2D eigenvalue weighted by molar-refractivity contribution is -0.132. The zero-order valence-electron chi connectivity index (χ0n) is 15.4. The number of allylic oxidation sites excluding steroid dienone is 1. The van der Waals surface area contributed by atoms with Crippen LogP contribution in [0.1, 0.15) is 79.1 Å². The number of aliphatic hydroxyl groups is 1. The molecule has 0 heterocycles. The first-order valence-electron chi connectivity index (χ1n) is 9.86. The third kappa shape index (κ3) is 2.44. The van der Waals surface area contributed by atoms with Crippen molar-refractivity contribution in [3.05, 3.63) is 11.6 Å². The first kappa shape index (κ1) is 17.2. The Balaban J connectivity index is 0.000000753. The van der Waals surface area contributed by atoms with Crippen LogP contribution in [-0.2, 0) is 4.79 Å². The second-order valence-electron chi connectivity index (χ2n) is 8.57. The van der Waals surface area contributed by atoms with E-state index in [1.807, 2.05) is 13.8 Å². The van der Waals surface area contributed by atoms with Gasteiger partial charge in [0, 0.05) is 11.8 Å². The maximum Gasteiger partial charge on any atom is 0.139 e. The molecule has 2 nitrogen and oxygen atoms in total. The van der Waals surface area contributed by atoms with Gasteiger partial charge in [-0.3, -0.25) is 4.79 Å². The number of hydrogen-bond acceptors (Lipinski definition) is 2. The Morgan fingerprint density at radius 1 is 1.04 bits per heavy atom. The fourth-order valence-electron chi connectivity index (χ4n) is 6.41. The summed E-state index contributed by atoms with van der Waals surface area (Å²) in [6.45, 7) is 8.69. The van der Waals surface area contributed by atoms with Crippen LogP contribution >= 0.6 is 0 Å². The lowest BCUT2D eigenvalue weighted by atomic mass is 9.48. The van der Waals surface area contributed by atoms with Crippen LogP contribution in [0, 0.1) is 28.6 Å². The summed E-state index contributed by atoms with van der Waals surface area (Å²) >= 11 is 0. The van der Waals surface area contributed by atoms with Crippen molar-refractivity contribution in [3.8, 4) is 0 Å². The minimum atomic E-state index is -0.122. The molecule has 2 heteroatoms. The molecule has 4 aliphatic carbocycles. The quantitative estimate of drug-likeness (QED) is 0.645. The van der Waals surface area contributed by atoms with Gasteiger partial charge in [-0.25, -0.2) is 0 Å². The Morgan fingerprint density at radius 2 is 1.70 bits per heavy atom. The van der Waals surface area contributed by atoms with Gasteiger partial charge in [0.1, 0.15) is 5.78 Å². The van der Waals surface area contributed by atoms with Gasteiger partial charge in [0.15, 0.2) is 0 Å². The molecule has 6 unspecified atom stereocenters. The predicted molar refractivity (Wildman–Crippen MR) is 94.1 cm³/mol. The first-order chi connectivity index (χ1) is 10.9. The summed E-state index contributed by atoms with van der Waals surface area (Å²) in [7, 11) is 0. The summed E-state index contributed by atoms with van der Waals surface area (Å²) in [6.07, 6.45) is 10.7. The summed E-state index contributed by atoms with van der Waals surface area (Å²) in [5.41, 5.74) is 1.81. The van der Waals surface area contributed by atoms with Crippen molar-refractivity contribution < 1.29 is 9.90 Å². The third-order valence-corrected chi connectivity index (χ3v) is 7.79. The van der Waals surface area contributed by atoms with Gasteiger partial charge in [-0.05, 0) is 68.1 Å². The molecule has 0 saturated heterocycles. The van der Waals surface area contributed by atoms with E-state index in [0.29, 0.717) is 23.0 Å². The van der Waals surface area contributed by atoms with Gasteiger partial charge in [0.2, 0.25) is 0 Å². The molecule has 1 N–H and O–H groups in total. The third-order valence-electron chi connectivity index (χ3n) is 7.79. The normalized spacial score (nSPS) is 48.4. The van der Waals surface area contributed by atoms with E-state index in [1.54, 1.807) is 0 Å². The predicted octanol–water partition coefficient (Wildman–Crippen LogP) is 4.91. The summed E-state index contributed by atoms with van der Waals surface area (Å²) in [5, 5.41) is 10.00. The van der Waals surface area contributed by atoms with Crippen molar-refractivity contribution in [2.45, 2.75) is 85.2 Å². The summed E-state index contributed by atoms with van der Waals surface area (Å²) in [4.78, 5) is 12.4. The van der Waals surface area contributed by atoms with E-state index in [2.05, 4.69) is 19.9 Å². The van der Waals surface area contributed by atoms with E-state index in [9.17, 15) is 9.90 Å². The largest absolute Gasteiger partial charge is 0.393 e. The Bertz CT molecular complexity index is 508. The van der Waals surface area contributed by atoms with Gasteiger partial charge in [0.05, 0.1) is 6.10 Å². The topological polar surface area (TPSA) is 37.3 Å². The lowest BCUT2D eigenvalue weighted by Crippen LogP contribution is -2.50. The molecule has 23 heavy (non-hydrogen) atoms. The highest BCUT2D eigenvalue weighted by Gasteiger charge is 2.58. The molecule has 0 amide bonds. The molecule has 3 saturated carbocycles. The van der Waals surface area contributed by atoms with Gasteiger partial charge in [-0.1, -0.05) is 39.3 Å². The fourth-order valence-corrected chi connectivity index (χ4v) is 6.41. The standard InChI is InChI=1S/C19H28O2.C2H6/c1-18-9-7-13(20)11-12(18)3-4-14-15-5-6-17(21)19(15,2)10-8-16(14)18;1-2/h3,13-16,20H,4-11H2,1-2H3;1-2H3. The van der Waals surface area contributed by atoms with Crippen molar-refractivity contribution in [1.82, 2.24) is 0 Å². The monoisotopic (exact) mass is 318 g/mol. The van der Waals surface area contributed by atoms with Gasteiger partial charge < -0.3 is 5.11 Å². The average Bonchev–Trinajstić information content (AvgIpc) is 2.86. The number of carbonyl (C=O) groups excluding carboxylic acids is 1. The molecule has 130 valence electrons. The Hall–Kier alpha value is -0.630. The Morgan fingerprint density at radius 3 is 2.43 bits per heavy atom. The number of Topliss-reactive ketones (excluding diaryl/α,β-unsaturated/α-hetero) is 1. The number of aliphatic hydroxyl groups excluding tert-OH is 1. The molecule has 6 atom stereocenters. The van der Waals surface area contributed by atoms with Crippen molar-refractivity contribution in [3.63, 3.8) is 0 Å². The van der Waals surface area contributed by atoms with Crippen LogP contribution in [0.15, 0.2) is 11.6 Å². The fraction of sp³-hybridized carbons (Fsp3) is 0.857. The van der Waals surface area contributed by atoms with E-state index in [4.69, 9.17) is 0 Å². The summed E-state index contributed by atoms with van der Waals surface area (Å²) in [5.74, 6) is 2.60. The summed E-state index contributed by atoms with van der Waals surface area (Å²) < 4.78 is 0. The molecule has 0 radical (unpaired) electrons. The van der Waals surface area contributed by atoms with E-state index >= 15 is 0 Å². The lowest BCUT2D eigenvalue weighted by Gasteiger charge is -2.56. The molecular formula is C21H34O2. The molecule has 0 aromatic carbocycles. The molecule has 0 aromatic heterocycles. The van der Waals surface area contributed by atoms with Crippen molar-refractivity contribution in [2.75, 3.05) is 0 Å². The van der Waals surface area contributed by atoms with Crippen LogP contribution in [0.4, 0.5) is 0 Å². The number of hydrogen-bond donors (Lipinski definition) is 1. The highest BCUT2D eigenvalue weighted by Crippen LogP contribution is 2.63. The van der Waals surface area contributed by atoms with Crippen molar-refractivity contribution in [2.24, 2.45) is 28.6 Å². The highest BCUT2D eigenvalue weighted by molar-refractivity contribution is 5.87. The van der Waals surface area contributed by atoms with Crippen LogP contribution in [0.3, 0.4) is 0 Å². The van der Waals surface area contributed by atoms with Crippen LogP contribution in [0.2, 0.25) is 0 Å². The van der Waals surface area contributed by atoms with Crippen LogP contribution in [0.25, 0.3) is 0 Å². The second-order valence-corrected chi connectivity index (χ2v) is 8.57. The van der Waals surface area contributed by atoms with E-state index in [0.717, 1.165) is 50.9 Å². The van der Waals surface area contributed by atoms with Crippen LogP contribution in [0.5, 0.6) is 0 Å². The Labute approximate surface area is 141 Å². The highest BCUT2D eigenvalue weighted by atomic mass is 16.3.